The number of likely N-dealkylation sites (tertiary alicyclic amines) is 1. The zero-order valence-electron chi connectivity index (χ0n) is 16.8. The normalized spacial score (nSPS) is 16.3. The molecule has 2 aromatic carbocycles. The molecule has 1 aliphatic rings. The number of urea groups is 1. The number of nitrogens with one attached hydrogen (secondary N) is 2. The number of rotatable bonds is 6. The van der Waals surface area contributed by atoms with E-state index in [0.717, 1.165) is 43.5 Å². The van der Waals surface area contributed by atoms with Gasteiger partial charge in [-0.05, 0) is 61.2 Å². The monoisotopic (exact) mass is 413 g/mol. The van der Waals surface area contributed by atoms with E-state index in [-0.39, 0.29) is 17.9 Å². The van der Waals surface area contributed by atoms with E-state index in [4.69, 9.17) is 11.6 Å². The number of carbonyl (C=O) groups is 2. The fourth-order valence-corrected chi connectivity index (χ4v) is 3.71. The Hall–Kier alpha value is -2.53. The molecule has 0 aliphatic carbocycles. The summed E-state index contributed by atoms with van der Waals surface area (Å²) < 4.78 is 0. The largest absolute Gasteiger partial charge is 0.352 e. The molecular formula is C23H28ClN3O2. The van der Waals surface area contributed by atoms with Crippen LogP contribution in [0.2, 0.25) is 5.02 Å². The van der Waals surface area contributed by atoms with Gasteiger partial charge in [0, 0.05) is 41.8 Å². The molecule has 6 heteroatoms. The fraction of sp³-hybridized carbons (Fsp3) is 0.391. The van der Waals surface area contributed by atoms with Crippen molar-refractivity contribution in [3.8, 4) is 0 Å². The average Bonchev–Trinajstić information content (AvgIpc) is 2.75. The molecule has 0 bridgehead atoms. The van der Waals surface area contributed by atoms with Gasteiger partial charge in [0.05, 0.1) is 0 Å². The van der Waals surface area contributed by atoms with Crippen LogP contribution < -0.4 is 10.6 Å². The molecule has 1 fully saturated rings. The zero-order valence-corrected chi connectivity index (χ0v) is 17.5. The number of hydrogen-bond donors (Lipinski definition) is 2. The quantitative estimate of drug-likeness (QED) is 0.632. The van der Waals surface area contributed by atoms with Gasteiger partial charge in [-0.2, -0.15) is 0 Å². The highest BCUT2D eigenvalue weighted by Gasteiger charge is 2.25. The predicted octanol–water partition coefficient (Wildman–Crippen LogP) is 5.28. The third-order valence-electron chi connectivity index (χ3n) is 5.24. The second kappa shape index (κ2) is 10.3. The number of nitrogens with zero attached hydrogens (tertiary/aromatic N) is 1. The van der Waals surface area contributed by atoms with Crippen LogP contribution in [-0.2, 0) is 0 Å². The van der Waals surface area contributed by atoms with Crippen LogP contribution in [0.15, 0.2) is 48.5 Å². The van der Waals surface area contributed by atoms with Crippen molar-refractivity contribution < 1.29 is 9.59 Å². The number of halogens is 1. The Labute approximate surface area is 177 Å². The van der Waals surface area contributed by atoms with Crippen LogP contribution in [-0.4, -0.2) is 36.5 Å². The second-order valence-corrected chi connectivity index (χ2v) is 7.89. The van der Waals surface area contributed by atoms with Crippen LogP contribution in [0, 0.1) is 0 Å². The molecule has 2 aromatic rings. The average molecular weight is 414 g/mol. The van der Waals surface area contributed by atoms with Crippen molar-refractivity contribution >= 4 is 29.2 Å². The first kappa shape index (κ1) is 21.2. The number of amides is 3. The van der Waals surface area contributed by atoms with Gasteiger partial charge in [0.25, 0.3) is 5.91 Å². The molecule has 29 heavy (non-hydrogen) atoms. The van der Waals surface area contributed by atoms with Crippen molar-refractivity contribution in [3.05, 3.63) is 64.7 Å². The Morgan fingerprint density at radius 2 is 1.97 bits per heavy atom. The number of carbonyl (C=O) groups excluding carboxylic acids is 2. The van der Waals surface area contributed by atoms with Crippen molar-refractivity contribution in [2.75, 3.05) is 25.0 Å². The van der Waals surface area contributed by atoms with E-state index in [1.54, 1.807) is 24.3 Å². The lowest BCUT2D eigenvalue weighted by Gasteiger charge is -2.33. The Balaban J connectivity index is 1.62. The highest BCUT2D eigenvalue weighted by Crippen LogP contribution is 2.28. The molecule has 0 unspecified atom stereocenters. The van der Waals surface area contributed by atoms with Gasteiger partial charge >= 0.3 is 6.03 Å². The van der Waals surface area contributed by atoms with Crippen molar-refractivity contribution in [1.82, 2.24) is 10.2 Å². The van der Waals surface area contributed by atoms with Gasteiger partial charge in [0.1, 0.15) is 0 Å². The summed E-state index contributed by atoms with van der Waals surface area (Å²) in [5, 5.41) is 6.54. The maximum atomic E-state index is 12.7. The summed E-state index contributed by atoms with van der Waals surface area (Å²) in [6.07, 6.45) is 3.97. The first-order valence-electron chi connectivity index (χ1n) is 10.3. The van der Waals surface area contributed by atoms with E-state index in [2.05, 4.69) is 17.6 Å². The minimum absolute atomic E-state index is 0.0338. The van der Waals surface area contributed by atoms with E-state index in [1.807, 2.05) is 29.2 Å². The summed E-state index contributed by atoms with van der Waals surface area (Å²) in [5.41, 5.74) is 2.52. The van der Waals surface area contributed by atoms with Crippen LogP contribution in [0.4, 0.5) is 10.5 Å². The molecular weight excluding hydrogens is 386 g/mol. The van der Waals surface area contributed by atoms with Gasteiger partial charge in [-0.25, -0.2) is 4.79 Å². The molecule has 1 atom stereocenters. The summed E-state index contributed by atoms with van der Waals surface area (Å²) in [6, 6.07) is 14.8. The lowest BCUT2D eigenvalue weighted by molar-refractivity contribution is 0.0953. The topological polar surface area (TPSA) is 61.4 Å². The molecule has 2 N–H and O–H groups in total. The van der Waals surface area contributed by atoms with Crippen LogP contribution in [0.5, 0.6) is 0 Å². The Morgan fingerprint density at radius 1 is 1.17 bits per heavy atom. The summed E-state index contributed by atoms with van der Waals surface area (Å²) in [4.78, 5) is 26.9. The van der Waals surface area contributed by atoms with Gasteiger partial charge in [0.2, 0.25) is 0 Å². The molecule has 0 radical (unpaired) electrons. The van der Waals surface area contributed by atoms with Crippen molar-refractivity contribution in [3.63, 3.8) is 0 Å². The summed E-state index contributed by atoms with van der Waals surface area (Å²) in [5.74, 6) is 0.191. The Bertz CT molecular complexity index is 838. The summed E-state index contributed by atoms with van der Waals surface area (Å²) >= 11 is 5.90. The number of benzene rings is 2. The molecule has 3 rings (SSSR count). The third-order valence-corrected chi connectivity index (χ3v) is 5.49. The molecule has 0 saturated carbocycles. The summed E-state index contributed by atoms with van der Waals surface area (Å²) in [6.45, 7) is 4.17. The van der Waals surface area contributed by atoms with Crippen LogP contribution in [0.3, 0.4) is 0 Å². The molecule has 1 heterocycles. The zero-order chi connectivity index (χ0) is 20.6. The fourth-order valence-electron chi connectivity index (χ4n) is 3.58. The van der Waals surface area contributed by atoms with Crippen molar-refractivity contribution in [2.24, 2.45) is 0 Å². The lowest BCUT2D eigenvalue weighted by atomic mass is 9.89. The van der Waals surface area contributed by atoms with Gasteiger partial charge in [0.15, 0.2) is 0 Å². The highest BCUT2D eigenvalue weighted by molar-refractivity contribution is 6.30. The molecule has 1 saturated heterocycles. The first-order valence-corrected chi connectivity index (χ1v) is 10.6. The van der Waals surface area contributed by atoms with Gasteiger partial charge < -0.3 is 15.5 Å². The number of anilines is 1. The number of unbranched alkanes of at least 4 members (excludes halogenated alkanes) is 1. The van der Waals surface area contributed by atoms with Gasteiger partial charge in [-0.3, -0.25) is 4.79 Å². The molecule has 154 valence electrons. The Morgan fingerprint density at radius 3 is 2.72 bits per heavy atom. The van der Waals surface area contributed by atoms with Crippen molar-refractivity contribution in [1.29, 1.82) is 0 Å². The van der Waals surface area contributed by atoms with Gasteiger partial charge in [-0.1, -0.05) is 37.1 Å². The minimum Gasteiger partial charge on any atom is -0.352 e. The van der Waals surface area contributed by atoms with E-state index >= 15 is 0 Å². The second-order valence-electron chi connectivity index (χ2n) is 7.46. The Kier molecular flexibility index (Phi) is 7.53. The van der Waals surface area contributed by atoms with E-state index < -0.39 is 0 Å². The van der Waals surface area contributed by atoms with Crippen LogP contribution in [0.25, 0.3) is 0 Å². The molecule has 1 aliphatic heterocycles. The third kappa shape index (κ3) is 5.97. The number of hydrogen-bond acceptors (Lipinski definition) is 2. The smallest absolute Gasteiger partial charge is 0.321 e. The molecule has 3 amide bonds. The highest BCUT2D eigenvalue weighted by atomic mass is 35.5. The molecule has 5 nitrogen and oxygen atoms in total. The van der Waals surface area contributed by atoms with Crippen LogP contribution in [0.1, 0.15) is 54.4 Å². The maximum absolute atomic E-state index is 12.7. The summed E-state index contributed by atoms with van der Waals surface area (Å²) in [7, 11) is 0. The number of piperidine rings is 1. The lowest BCUT2D eigenvalue weighted by Crippen LogP contribution is -2.41. The predicted molar refractivity (Wildman–Crippen MR) is 118 cm³/mol. The minimum atomic E-state index is -0.106. The molecule has 0 aromatic heterocycles. The first-order chi connectivity index (χ1) is 14.1. The van der Waals surface area contributed by atoms with E-state index in [0.29, 0.717) is 23.7 Å². The maximum Gasteiger partial charge on any atom is 0.321 e. The molecule has 0 spiro atoms. The van der Waals surface area contributed by atoms with E-state index in [9.17, 15) is 9.59 Å². The van der Waals surface area contributed by atoms with Gasteiger partial charge in [-0.15, -0.1) is 0 Å². The van der Waals surface area contributed by atoms with Crippen molar-refractivity contribution in [2.45, 2.75) is 38.5 Å². The van der Waals surface area contributed by atoms with E-state index in [1.165, 1.54) is 0 Å². The van der Waals surface area contributed by atoms with Crippen LogP contribution >= 0.6 is 11.6 Å². The standard InChI is InChI=1S/C23H28ClN3O2/c1-2-3-13-25-22(28)18-7-4-6-17(15-18)19-8-5-14-27(16-19)23(29)26-21-11-9-20(24)10-12-21/h4,6-7,9-12,15,19H,2-3,5,8,13-14,16H2,1H3,(H,25,28)(H,26,29)/t19-/m1/s1. The SMILES string of the molecule is CCCCNC(=O)c1cccc([C@@H]2CCCN(C(=O)Nc3ccc(Cl)cc3)C2)c1.